The number of hydrogen-bond donors (Lipinski definition) is 1. The molecular formula is C18H13ClN2O3S. The highest BCUT2D eigenvalue weighted by atomic mass is 35.5. The molecule has 0 unspecified atom stereocenters. The highest BCUT2D eigenvalue weighted by Gasteiger charge is 2.34. The summed E-state index contributed by atoms with van der Waals surface area (Å²) in [5.74, 6) is -0.404. The van der Waals surface area contributed by atoms with E-state index >= 15 is 0 Å². The fraction of sp³-hybridized carbons (Fsp3) is 0.0556. The van der Waals surface area contributed by atoms with Crippen molar-refractivity contribution in [3.05, 3.63) is 70.7 Å². The van der Waals surface area contributed by atoms with Gasteiger partial charge in [0.15, 0.2) is 5.11 Å². The average Bonchev–Trinajstić information content (AvgIpc) is 3.06. The smallest absolute Gasteiger partial charge is 0.270 e. The van der Waals surface area contributed by atoms with Gasteiger partial charge in [-0.05, 0) is 73.3 Å². The fourth-order valence-electron chi connectivity index (χ4n) is 2.35. The van der Waals surface area contributed by atoms with Crippen molar-refractivity contribution >= 4 is 52.5 Å². The normalized spacial score (nSPS) is 17.2. The number of allylic oxidation sites excluding steroid dienone is 2. The summed E-state index contributed by atoms with van der Waals surface area (Å²) in [6.07, 6.45) is 4.78. The summed E-state index contributed by atoms with van der Waals surface area (Å²) in [6, 6.07) is 10.1. The summed E-state index contributed by atoms with van der Waals surface area (Å²) < 4.78 is 5.23. The predicted octanol–water partition coefficient (Wildman–Crippen LogP) is 3.71. The largest absolute Gasteiger partial charge is 0.465 e. The van der Waals surface area contributed by atoms with Gasteiger partial charge in [-0.1, -0.05) is 11.6 Å². The third kappa shape index (κ3) is 3.70. The SMILES string of the molecule is CC(=C/c1ccco1)/C=C1/C(=O)NC(=S)N(c2ccc(Cl)cc2)C1=O. The van der Waals surface area contributed by atoms with Crippen LogP contribution in [0, 0.1) is 0 Å². The zero-order valence-electron chi connectivity index (χ0n) is 13.2. The van der Waals surface area contributed by atoms with Crippen LogP contribution in [0.1, 0.15) is 12.7 Å². The fourth-order valence-corrected chi connectivity index (χ4v) is 2.76. The number of halogens is 1. The second-order valence-corrected chi connectivity index (χ2v) is 6.16. The van der Waals surface area contributed by atoms with Crippen LogP contribution in [-0.4, -0.2) is 16.9 Å². The first kappa shape index (κ1) is 17.1. The average molecular weight is 373 g/mol. The van der Waals surface area contributed by atoms with E-state index in [0.717, 1.165) is 0 Å². The first-order chi connectivity index (χ1) is 12.0. The van der Waals surface area contributed by atoms with Crippen LogP contribution in [0.3, 0.4) is 0 Å². The van der Waals surface area contributed by atoms with Crippen molar-refractivity contribution in [2.24, 2.45) is 0 Å². The standard InChI is InChI=1S/C18H13ClN2O3S/c1-11(9-14-3-2-8-24-14)10-15-16(22)20-18(25)21(17(15)23)13-6-4-12(19)5-7-13/h2-10H,1H3,(H,20,22,25)/b11-9-,15-10-. The topological polar surface area (TPSA) is 62.6 Å². The number of carbonyl (C=O) groups excluding carboxylic acids is 2. The van der Waals surface area contributed by atoms with Crippen LogP contribution in [-0.2, 0) is 9.59 Å². The minimum atomic E-state index is -0.535. The molecule has 0 atom stereocenters. The number of carbonyl (C=O) groups is 2. The Kier molecular flexibility index (Phi) is 4.83. The highest BCUT2D eigenvalue weighted by molar-refractivity contribution is 7.80. The van der Waals surface area contributed by atoms with E-state index in [1.807, 2.05) is 0 Å². The number of thiocarbonyl (C=S) groups is 1. The summed E-state index contributed by atoms with van der Waals surface area (Å²) >= 11 is 11.0. The molecule has 0 saturated carbocycles. The van der Waals surface area contributed by atoms with Gasteiger partial charge < -0.3 is 4.42 Å². The Morgan fingerprint density at radius 1 is 1.24 bits per heavy atom. The maximum Gasteiger partial charge on any atom is 0.270 e. The van der Waals surface area contributed by atoms with Gasteiger partial charge in [0.2, 0.25) is 0 Å². The molecule has 5 nitrogen and oxygen atoms in total. The first-order valence-electron chi connectivity index (χ1n) is 7.34. The lowest BCUT2D eigenvalue weighted by Gasteiger charge is -2.29. The zero-order valence-corrected chi connectivity index (χ0v) is 14.7. The third-order valence-corrected chi connectivity index (χ3v) is 4.01. The van der Waals surface area contributed by atoms with Crippen molar-refractivity contribution in [3.8, 4) is 0 Å². The van der Waals surface area contributed by atoms with Gasteiger partial charge in [0.1, 0.15) is 11.3 Å². The van der Waals surface area contributed by atoms with Crippen LogP contribution in [0.4, 0.5) is 5.69 Å². The van der Waals surface area contributed by atoms with Gasteiger partial charge in [0, 0.05) is 5.02 Å². The molecule has 0 radical (unpaired) electrons. The summed E-state index contributed by atoms with van der Waals surface area (Å²) in [7, 11) is 0. The van der Waals surface area contributed by atoms with E-state index in [0.29, 0.717) is 22.0 Å². The summed E-state index contributed by atoms with van der Waals surface area (Å²) in [5.41, 5.74) is 1.21. The Hall–Kier alpha value is -2.70. The number of benzene rings is 1. The summed E-state index contributed by atoms with van der Waals surface area (Å²) in [6.45, 7) is 1.77. The van der Waals surface area contributed by atoms with Gasteiger partial charge in [0.25, 0.3) is 11.8 Å². The van der Waals surface area contributed by atoms with E-state index in [9.17, 15) is 9.59 Å². The summed E-state index contributed by atoms with van der Waals surface area (Å²) in [4.78, 5) is 26.3. The Bertz CT molecular complexity index is 899. The van der Waals surface area contributed by atoms with Crippen LogP contribution < -0.4 is 10.2 Å². The van der Waals surface area contributed by atoms with Crippen LogP contribution in [0.5, 0.6) is 0 Å². The maximum atomic E-state index is 12.8. The molecule has 25 heavy (non-hydrogen) atoms. The molecule has 0 spiro atoms. The number of nitrogens with one attached hydrogen (secondary N) is 1. The monoisotopic (exact) mass is 372 g/mol. The third-order valence-electron chi connectivity index (χ3n) is 3.47. The predicted molar refractivity (Wildman–Crippen MR) is 100 cm³/mol. The minimum Gasteiger partial charge on any atom is -0.465 e. The number of nitrogens with zero attached hydrogens (tertiary/aromatic N) is 1. The van der Waals surface area contributed by atoms with E-state index in [1.165, 1.54) is 11.0 Å². The molecule has 7 heteroatoms. The van der Waals surface area contributed by atoms with Crippen LogP contribution in [0.15, 0.2) is 64.3 Å². The molecule has 2 heterocycles. The van der Waals surface area contributed by atoms with Crippen LogP contribution >= 0.6 is 23.8 Å². The van der Waals surface area contributed by atoms with E-state index in [1.54, 1.807) is 55.7 Å². The van der Waals surface area contributed by atoms with Crippen molar-refractivity contribution in [1.82, 2.24) is 5.32 Å². The molecule has 2 amide bonds. The van der Waals surface area contributed by atoms with Gasteiger partial charge in [-0.2, -0.15) is 0 Å². The number of anilines is 1. The molecule has 0 bridgehead atoms. The van der Waals surface area contributed by atoms with Gasteiger partial charge >= 0.3 is 0 Å². The molecule has 126 valence electrons. The molecular weight excluding hydrogens is 360 g/mol. The van der Waals surface area contributed by atoms with Crippen molar-refractivity contribution in [1.29, 1.82) is 0 Å². The second-order valence-electron chi connectivity index (χ2n) is 5.34. The van der Waals surface area contributed by atoms with Gasteiger partial charge in [-0.3, -0.25) is 19.8 Å². The molecule has 1 N–H and O–H groups in total. The maximum absolute atomic E-state index is 12.8. The van der Waals surface area contributed by atoms with Gasteiger partial charge in [-0.15, -0.1) is 0 Å². The number of amides is 2. The summed E-state index contributed by atoms with van der Waals surface area (Å²) in [5, 5.41) is 3.10. The van der Waals surface area contributed by atoms with E-state index in [2.05, 4.69) is 5.32 Å². The lowest BCUT2D eigenvalue weighted by molar-refractivity contribution is -0.122. The number of furan rings is 1. The molecule has 1 aromatic carbocycles. The lowest BCUT2D eigenvalue weighted by atomic mass is 10.1. The molecule has 1 aliphatic heterocycles. The van der Waals surface area contributed by atoms with Gasteiger partial charge in [0.05, 0.1) is 12.0 Å². The quantitative estimate of drug-likeness (QED) is 0.507. The Morgan fingerprint density at radius 2 is 1.96 bits per heavy atom. The van der Waals surface area contributed by atoms with E-state index in [-0.39, 0.29) is 10.7 Å². The molecule has 1 fully saturated rings. The van der Waals surface area contributed by atoms with E-state index < -0.39 is 11.8 Å². The Labute approximate surface area is 154 Å². The molecule has 1 aliphatic rings. The number of hydrogen-bond acceptors (Lipinski definition) is 4. The van der Waals surface area contributed by atoms with Crippen molar-refractivity contribution < 1.29 is 14.0 Å². The minimum absolute atomic E-state index is 0.0103. The van der Waals surface area contributed by atoms with Crippen LogP contribution in [0.2, 0.25) is 5.02 Å². The highest BCUT2D eigenvalue weighted by Crippen LogP contribution is 2.23. The Balaban J connectivity index is 1.95. The van der Waals surface area contributed by atoms with Crippen molar-refractivity contribution in [2.45, 2.75) is 6.92 Å². The molecule has 3 rings (SSSR count). The molecule has 0 aliphatic carbocycles. The first-order valence-corrected chi connectivity index (χ1v) is 8.13. The van der Waals surface area contributed by atoms with Crippen molar-refractivity contribution in [2.75, 3.05) is 4.90 Å². The second kappa shape index (κ2) is 7.04. The zero-order chi connectivity index (χ0) is 18.0. The molecule has 1 aromatic heterocycles. The lowest BCUT2D eigenvalue weighted by Crippen LogP contribution is -2.54. The molecule has 2 aromatic rings. The van der Waals surface area contributed by atoms with Crippen molar-refractivity contribution in [3.63, 3.8) is 0 Å². The molecule has 1 saturated heterocycles. The Morgan fingerprint density at radius 3 is 2.60 bits per heavy atom. The van der Waals surface area contributed by atoms with Crippen LogP contribution in [0.25, 0.3) is 6.08 Å². The van der Waals surface area contributed by atoms with E-state index in [4.69, 9.17) is 28.2 Å². The number of rotatable bonds is 3. The van der Waals surface area contributed by atoms with Gasteiger partial charge in [-0.25, -0.2) is 0 Å².